The minimum Gasteiger partial charge on any atom is -0.496 e. The highest BCUT2D eigenvalue weighted by Gasteiger charge is 2.23. The molecular formula is C27H26N4O2. The van der Waals surface area contributed by atoms with Gasteiger partial charge in [-0.15, -0.1) is 0 Å². The monoisotopic (exact) mass is 438 g/mol. The third kappa shape index (κ3) is 4.20. The van der Waals surface area contributed by atoms with Gasteiger partial charge < -0.3 is 15.0 Å². The summed E-state index contributed by atoms with van der Waals surface area (Å²) in [6, 6.07) is 25.4. The standard InChI is InChI=1S/C27H26N4O2/c1-33-25-16-8-5-13-21(25)26-22(19-31(29-26)20-11-3-2-4-12-20)27(32)28-23-14-6-7-15-24(23)30-17-9-10-18-30/h2-8,11-16,19H,9-10,17-18H2,1H3,(H,28,32). The molecule has 1 aliphatic rings. The summed E-state index contributed by atoms with van der Waals surface area (Å²) in [5.41, 5.74) is 4.57. The van der Waals surface area contributed by atoms with Gasteiger partial charge in [-0.05, 0) is 49.2 Å². The molecular weight excluding hydrogens is 412 g/mol. The summed E-state index contributed by atoms with van der Waals surface area (Å²) in [5.74, 6) is 0.465. The van der Waals surface area contributed by atoms with Crippen LogP contribution >= 0.6 is 0 Å². The normalized spacial score (nSPS) is 13.2. The van der Waals surface area contributed by atoms with Gasteiger partial charge in [0.2, 0.25) is 0 Å². The lowest BCUT2D eigenvalue weighted by atomic mass is 10.1. The Bertz CT molecular complexity index is 1260. The molecule has 1 amide bonds. The fraction of sp³-hybridized carbons (Fsp3) is 0.185. The predicted octanol–water partition coefficient (Wildman–Crippen LogP) is 5.40. The van der Waals surface area contributed by atoms with Crippen LogP contribution in [0.15, 0.2) is 85.1 Å². The van der Waals surface area contributed by atoms with Crippen molar-refractivity contribution in [2.24, 2.45) is 0 Å². The van der Waals surface area contributed by atoms with E-state index in [0.29, 0.717) is 17.0 Å². The lowest BCUT2D eigenvalue weighted by Gasteiger charge is -2.21. The van der Waals surface area contributed by atoms with E-state index >= 15 is 0 Å². The summed E-state index contributed by atoms with van der Waals surface area (Å²) in [7, 11) is 1.62. The van der Waals surface area contributed by atoms with Crippen LogP contribution in [0, 0.1) is 0 Å². The summed E-state index contributed by atoms with van der Waals surface area (Å²) >= 11 is 0. The quantitative estimate of drug-likeness (QED) is 0.438. The van der Waals surface area contributed by atoms with Gasteiger partial charge >= 0.3 is 0 Å². The number of carbonyl (C=O) groups excluding carboxylic acids is 1. The van der Waals surface area contributed by atoms with Gasteiger partial charge in [0.1, 0.15) is 11.4 Å². The number of anilines is 2. The van der Waals surface area contributed by atoms with E-state index in [1.54, 1.807) is 18.0 Å². The van der Waals surface area contributed by atoms with E-state index in [1.165, 1.54) is 12.8 Å². The fourth-order valence-electron chi connectivity index (χ4n) is 4.30. The number of hydrogen-bond donors (Lipinski definition) is 1. The van der Waals surface area contributed by atoms with Crippen molar-refractivity contribution in [3.05, 3.63) is 90.6 Å². The van der Waals surface area contributed by atoms with Crippen LogP contribution in [0.25, 0.3) is 16.9 Å². The topological polar surface area (TPSA) is 59.4 Å². The third-order valence-corrected chi connectivity index (χ3v) is 5.94. The van der Waals surface area contributed by atoms with E-state index in [0.717, 1.165) is 35.7 Å². The maximum absolute atomic E-state index is 13.6. The largest absolute Gasteiger partial charge is 0.496 e. The Kier molecular flexibility index (Phi) is 5.81. The number of carbonyl (C=O) groups is 1. The average Bonchev–Trinajstić information content (AvgIpc) is 3.56. The van der Waals surface area contributed by atoms with Crippen molar-refractivity contribution in [2.75, 3.05) is 30.4 Å². The zero-order valence-electron chi connectivity index (χ0n) is 18.6. The summed E-state index contributed by atoms with van der Waals surface area (Å²) in [5, 5.41) is 7.93. The molecule has 0 radical (unpaired) electrons. The molecule has 166 valence electrons. The Morgan fingerprint density at radius 2 is 1.61 bits per heavy atom. The number of amides is 1. The minimum absolute atomic E-state index is 0.204. The molecule has 0 unspecified atom stereocenters. The first-order chi connectivity index (χ1) is 16.2. The fourth-order valence-corrected chi connectivity index (χ4v) is 4.30. The molecule has 1 aromatic heterocycles. The van der Waals surface area contributed by atoms with E-state index in [1.807, 2.05) is 72.8 Å². The van der Waals surface area contributed by atoms with Gasteiger partial charge in [-0.25, -0.2) is 4.68 Å². The van der Waals surface area contributed by atoms with Crippen LogP contribution < -0.4 is 15.0 Å². The average molecular weight is 439 g/mol. The van der Waals surface area contributed by atoms with Gasteiger partial charge in [0.25, 0.3) is 5.91 Å². The number of aromatic nitrogens is 2. The molecule has 0 atom stereocenters. The molecule has 1 saturated heterocycles. The number of nitrogens with zero attached hydrogens (tertiary/aromatic N) is 3. The minimum atomic E-state index is -0.204. The van der Waals surface area contributed by atoms with E-state index in [2.05, 4.69) is 16.3 Å². The molecule has 1 N–H and O–H groups in total. The predicted molar refractivity (Wildman–Crippen MR) is 131 cm³/mol. The summed E-state index contributed by atoms with van der Waals surface area (Å²) in [4.78, 5) is 15.9. The zero-order chi connectivity index (χ0) is 22.6. The van der Waals surface area contributed by atoms with Crippen molar-refractivity contribution in [2.45, 2.75) is 12.8 Å². The second-order valence-corrected chi connectivity index (χ2v) is 8.04. The lowest BCUT2D eigenvalue weighted by molar-refractivity contribution is 0.102. The van der Waals surface area contributed by atoms with Crippen molar-refractivity contribution in [3.8, 4) is 22.7 Å². The third-order valence-electron chi connectivity index (χ3n) is 5.94. The van der Waals surface area contributed by atoms with Crippen LogP contribution in [0.4, 0.5) is 11.4 Å². The summed E-state index contributed by atoms with van der Waals surface area (Å²) < 4.78 is 7.31. The van der Waals surface area contributed by atoms with Gasteiger partial charge in [0.15, 0.2) is 0 Å². The second-order valence-electron chi connectivity index (χ2n) is 8.04. The van der Waals surface area contributed by atoms with Crippen molar-refractivity contribution >= 4 is 17.3 Å². The SMILES string of the molecule is COc1ccccc1-c1nn(-c2ccccc2)cc1C(=O)Nc1ccccc1N1CCCC1. The lowest BCUT2D eigenvalue weighted by Crippen LogP contribution is -2.21. The Balaban J connectivity index is 1.56. The Labute approximate surface area is 193 Å². The number of benzene rings is 3. The molecule has 3 aromatic carbocycles. The molecule has 33 heavy (non-hydrogen) atoms. The summed E-state index contributed by atoms with van der Waals surface area (Å²) in [6.45, 7) is 2.01. The van der Waals surface area contributed by atoms with Gasteiger partial charge in [-0.2, -0.15) is 5.10 Å². The van der Waals surface area contributed by atoms with Crippen molar-refractivity contribution in [1.82, 2.24) is 9.78 Å². The molecule has 0 spiro atoms. The molecule has 4 aromatic rings. The molecule has 2 heterocycles. The molecule has 1 fully saturated rings. The Morgan fingerprint density at radius 3 is 2.39 bits per heavy atom. The number of nitrogens with one attached hydrogen (secondary N) is 1. The number of ether oxygens (including phenoxy) is 1. The number of rotatable bonds is 6. The van der Waals surface area contributed by atoms with Gasteiger partial charge in [-0.3, -0.25) is 4.79 Å². The van der Waals surface area contributed by atoms with Crippen LogP contribution in [0.3, 0.4) is 0 Å². The van der Waals surface area contributed by atoms with Gasteiger partial charge in [0.05, 0.1) is 29.7 Å². The Hall–Kier alpha value is -4.06. The van der Waals surface area contributed by atoms with Crippen LogP contribution in [0.5, 0.6) is 5.75 Å². The summed E-state index contributed by atoms with van der Waals surface area (Å²) in [6.07, 6.45) is 4.12. The highest BCUT2D eigenvalue weighted by molar-refractivity contribution is 6.09. The van der Waals surface area contributed by atoms with Crippen molar-refractivity contribution in [1.29, 1.82) is 0 Å². The van der Waals surface area contributed by atoms with E-state index in [-0.39, 0.29) is 5.91 Å². The highest BCUT2D eigenvalue weighted by Crippen LogP contribution is 2.33. The molecule has 0 saturated carbocycles. The maximum atomic E-state index is 13.6. The maximum Gasteiger partial charge on any atom is 0.259 e. The molecule has 6 heteroatoms. The van der Waals surface area contributed by atoms with Crippen molar-refractivity contribution in [3.63, 3.8) is 0 Å². The number of methoxy groups -OCH3 is 1. The van der Waals surface area contributed by atoms with E-state index in [4.69, 9.17) is 9.84 Å². The van der Waals surface area contributed by atoms with E-state index < -0.39 is 0 Å². The first-order valence-corrected chi connectivity index (χ1v) is 11.2. The molecule has 6 nitrogen and oxygen atoms in total. The van der Waals surface area contributed by atoms with Gasteiger partial charge in [-0.1, -0.05) is 42.5 Å². The molecule has 5 rings (SSSR count). The highest BCUT2D eigenvalue weighted by atomic mass is 16.5. The molecule has 0 bridgehead atoms. The first-order valence-electron chi connectivity index (χ1n) is 11.2. The number of para-hydroxylation sites is 4. The number of hydrogen-bond acceptors (Lipinski definition) is 4. The molecule has 0 aliphatic carbocycles. The van der Waals surface area contributed by atoms with Crippen LogP contribution in [0.1, 0.15) is 23.2 Å². The zero-order valence-corrected chi connectivity index (χ0v) is 18.6. The first kappa shape index (κ1) is 20.8. The molecule has 1 aliphatic heterocycles. The smallest absolute Gasteiger partial charge is 0.259 e. The van der Waals surface area contributed by atoms with Crippen molar-refractivity contribution < 1.29 is 9.53 Å². The van der Waals surface area contributed by atoms with E-state index in [9.17, 15) is 4.79 Å². The Morgan fingerprint density at radius 1 is 0.909 bits per heavy atom. The van der Waals surface area contributed by atoms with Crippen LogP contribution in [-0.4, -0.2) is 35.9 Å². The van der Waals surface area contributed by atoms with Gasteiger partial charge in [0, 0.05) is 24.8 Å². The second kappa shape index (κ2) is 9.20. The van der Waals surface area contributed by atoms with Crippen LogP contribution in [-0.2, 0) is 0 Å². The van der Waals surface area contributed by atoms with Crippen LogP contribution in [0.2, 0.25) is 0 Å².